The summed E-state index contributed by atoms with van der Waals surface area (Å²) < 4.78 is 19.9. The van der Waals surface area contributed by atoms with Gasteiger partial charge in [-0.2, -0.15) is 0 Å². The molecule has 4 rings (SSSR count). The molecular formula is C28H28O3Si. The second-order valence-corrected chi connectivity index (χ2v) is 10.5. The predicted octanol–water partition coefficient (Wildman–Crippen LogP) is 6.30. The minimum Gasteiger partial charge on any atom is -0.480 e. The molecule has 4 aromatic carbocycles. The standard InChI is InChI=1S/C28H28O3Si/c1-21-5-13-25(14-6-21)29-32(28-19-11-24(4)12-20-28,30-26-15-7-22(2)8-16-26)31-27-17-9-23(3)10-18-27/h5-20H,1-4H3. The van der Waals surface area contributed by atoms with Gasteiger partial charge in [0.05, 0.1) is 5.19 Å². The number of rotatable bonds is 7. The van der Waals surface area contributed by atoms with Crippen molar-refractivity contribution in [2.75, 3.05) is 0 Å². The van der Waals surface area contributed by atoms with E-state index in [1.54, 1.807) is 0 Å². The van der Waals surface area contributed by atoms with E-state index in [0.717, 1.165) is 10.8 Å². The minimum absolute atomic E-state index is 0.710. The molecule has 0 bridgehead atoms. The van der Waals surface area contributed by atoms with E-state index in [9.17, 15) is 0 Å². The van der Waals surface area contributed by atoms with E-state index in [1.165, 1.54) is 16.7 Å². The van der Waals surface area contributed by atoms with Crippen LogP contribution in [0, 0.1) is 27.7 Å². The monoisotopic (exact) mass is 440 g/mol. The summed E-state index contributed by atoms with van der Waals surface area (Å²) in [4.78, 5) is 0. The van der Waals surface area contributed by atoms with Gasteiger partial charge in [-0.3, -0.25) is 0 Å². The molecule has 4 aromatic rings. The Hall–Kier alpha value is -3.50. The third-order valence-corrected chi connectivity index (χ3v) is 7.78. The highest BCUT2D eigenvalue weighted by Crippen LogP contribution is 2.25. The zero-order valence-corrected chi connectivity index (χ0v) is 20.0. The average molecular weight is 441 g/mol. The van der Waals surface area contributed by atoms with E-state index in [4.69, 9.17) is 13.3 Å². The van der Waals surface area contributed by atoms with Crippen molar-refractivity contribution in [1.82, 2.24) is 0 Å². The van der Waals surface area contributed by atoms with Gasteiger partial charge in [-0.05, 0) is 64.1 Å². The van der Waals surface area contributed by atoms with Crippen molar-refractivity contribution in [2.24, 2.45) is 0 Å². The van der Waals surface area contributed by atoms with Crippen LogP contribution in [0.4, 0.5) is 0 Å². The van der Waals surface area contributed by atoms with Gasteiger partial charge >= 0.3 is 8.80 Å². The van der Waals surface area contributed by atoms with Crippen molar-refractivity contribution in [2.45, 2.75) is 27.7 Å². The van der Waals surface area contributed by atoms with Crippen LogP contribution in [-0.4, -0.2) is 8.80 Å². The largest absolute Gasteiger partial charge is 0.737 e. The lowest BCUT2D eigenvalue weighted by molar-refractivity contribution is 0.281. The Kier molecular flexibility index (Phi) is 6.33. The van der Waals surface area contributed by atoms with Gasteiger partial charge in [0.25, 0.3) is 0 Å². The SMILES string of the molecule is Cc1ccc(O[Si](Oc2ccc(C)cc2)(Oc2ccc(C)cc2)c2ccc(C)cc2)cc1. The first-order chi connectivity index (χ1) is 15.4. The van der Waals surface area contributed by atoms with Crippen LogP contribution in [0.3, 0.4) is 0 Å². The Morgan fingerprint density at radius 3 is 0.906 bits per heavy atom. The predicted molar refractivity (Wildman–Crippen MR) is 132 cm³/mol. The van der Waals surface area contributed by atoms with E-state index in [0.29, 0.717) is 17.2 Å². The highest BCUT2D eigenvalue weighted by atomic mass is 28.4. The zero-order chi connectivity index (χ0) is 22.6. The molecule has 32 heavy (non-hydrogen) atoms. The zero-order valence-electron chi connectivity index (χ0n) is 19.0. The first-order valence-corrected chi connectivity index (χ1v) is 12.5. The molecule has 0 aliphatic heterocycles. The summed E-state index contributed by atoms with van der Waals surface area (Å²) >= 11 is 0. The second-order valence-electron chi connectivity index (χ2n) is 8.17. The molecule has 0 saturated heterocycles. The van der Waals surface area contributed by atoms with Gasteiger partial charge < -0.3 is 13.3 Å². The third-order valence-electron chi connectivity index (χ3n) is 5.22. The number of hydrogen-bond donors (Lipinski definition) is 0. The van der Waals surface area contributed by atoms with Crippen molar-refractivity contribution in [3.8, 4) is 17.2 Å². The molecule has 0 heterocycles. The Labute approximate surface area is 191 Å². The summed E-state index contributed by atoms with van der Waals surface area (Å²) in [6.45, 7) is 8.23. The molecule has 4 heteroatoms. The lowest BCUT2D eigenvalue weighted by Crippen LogP contribution is -2.64. The fourth-order valence-electron chi connectivity index (χ4n) is 3.28. The first-order valence-electron chi connectivity index (χ1n) is 10.8. The van der Waals surface area contributed by atoms with Crippen molar-refractivity contribution in [3.63, 3.8) is 0 Å². The van der Waals surface area contributed by atoms with Crippen LogP contribution in [0.1, 0.15) is 22.3 Å². The molecular weight excluding hydrogens is 412 g/mol. The van der Waals surface area contributed by atoms with Crippen molar-refractivity contribution in [1.29, 1.82) is 0 Å². The molecule has 162 valence electrons. The van der Waals surface area contributed by atoms with Gasteiger partial charge in [-0.25, -0.2) is 0 Å². The molecule has 0 fully saturated rings. The number of benzene rings is 4. The van der Waals surface area contributed by atoms with Gasteiger partial charge in [0.2, 0.25) is 0 Å². The summed E-state index contributed by atoms with van der Waals surface area (Å²) in [6, 6.07) is 32.1. The minimum atomic E-state index is -3.47. The van der Waals surface area contributed by atoms with Gasteiger partial charge in [0.1, 0.15) is 17.2 Å². The molecule has 0 N–H and O–H groups in total. The molecule has 0 aliphatic carbocycles. The van der Waals surface area contributed by atoms with Crippen molar-refractivity contribution in [3.05, 3.63) is 119 Å². The Balaban J connectivity index is 1.83. The average Bonchev–Trinajstić information content (AvgIpc) is 2.79. The summed E-state index contributed by atoms with van der Waals surface area (Å²) in [5.74, 6) is 2.13. The van der Waals surface area contributed by atoms with Crippen molar-refractivity contribution >= 4 is 14.0 Å². The fraction of sp³-hybridized carbons (Fsp3) is 0.143. The Morgan fingerprint density at radius 2 is 0.625 bits per heavy atom. The molecule has 0 unspecified atom stereocenters. The smallest absolute Gasteiger partial charge is 0.480 e. The fourth-order valence-corrected chi connectivity index (χ4v) is 5.67. The maximum absolute atomic E-state index is 6.65. The molecule has 0 saturated carbocycles. The Morgan fingerprint density at radius 1 is 0.375 bits per heavy atom. The number of aryl methyl sites for hydroxylation is 4. The number of hydrogen-bond acceptors (Lipinski definition) is 3. The van der Waals surface area contributed by atoms with Crippen LogP contribution < -0.4 is 18.5 Å². The topological polar surface area (TPSA) is 27.7 Å². The molecule has 0 radical (unpaired) electrons. The normalized spacial score (nSPS) is 11.1. The lowest BCUT2D eigenvalue weighted by Gasteiger charge is -2.30. The molecule has 0 amide bonds. The maximum atomic E-state index is 6.65. The van der Waals surface area contributed by atoms with E-state index >= 15 is 0 Å². The quantitative estimate of drug-likeness (QED) is 0.316. The van der Waals surface area contributed by atoms with Crippen LogP contribution in [0.25, 0.3) is 0 Å². The maximum Gasteiger partial charge on any atom is 0.737 e. The van der Waals surface area contributed by atoms with Crippen molar-refractivity contribution < 1.29 is 13.3 Å². The highest BCUT2D eigenvalue weighted by Gasteiger charge is 2.52. The van der Waals surface area contributed by atoms with Crippen LogP contribution in [0.5, 0.6) is 17.2 Å². The van der Waals surface area contributed by atoms with Gasteiger partial charge in [-0.1, -0.05) is 82.9 Å². The molecule has 0 aliphatic rings. The molecule has 3 nitrogen and oxygen atoms in total. The van der Waals surface area contributed by atoms with Gasteiger partial charge in [0.15, 0.2) is 0 Å². The second kappa shape index (κ2) is 9.33. The highest BCUT2D eigenvalue weighted by molar-refractivity contribution is 6.77. The third kappa shape index (κ3) is 5.21. The van der Waals surface area contributed by atoms with E-state index < -0.39 is 8.80 Å². The molecule has 0 atom stereocenters. The van der Waals surface area contributed by atoms with Crippen LogP contribution in [0.15, 0.2) is 97.1 Å². The first kappa shape index (κ1) is 21.7. The summed E-state index contributed by atoms with van der Waals surface area (Å²) in [5, 5.41) is 0.893. The summed E-state index contributed by atoms with van der Waals surface area (Å²) in [7, 11) is -3.47. The van der Waals surface area contributed by atoms with E-state index in [2.05, 4.69) is 39.8 Å². The lowest BCUT2D eigenvalue weighted by atomic mass is 10.2. The summed E-state index contributed by atoms with van der Waals surface area (Å²) in [6.07, 6.45) is 0. The molecule has 0 aromatic heterocycles. The van der Waals surface area contributed by atoms with E-state index in [1.807, 2.05) is 84.9 Å². The van der Waals surface area contributed by atoms with Crippen LogP contribution >= 0.6 is 0 Å². The molecule has 0 spiro atoms. The van der Waals surface area contributed by atoms with Gasteiger partial charge in [-0.15, -0.1) is 0 Å². The van der Waals surface area contributed by atoms with Gasteiger partial charge in [0, 0.05) is 0 Å². The van der Waals surface area contributed by atoms with Crippen LogP contribution in [-0.2, 0) is 0 Å². The summed E-state index contributed by atoms with van der Waals surface area (Å²) in [5.41, 5.74) is 4.66. The Bertz CT molecular complexity index is 1030. The van der Waals surface area contributed by atoms with Crippen LogP contribution in [0.2, 0.25) is 0 Å². The van der Waals surface area contributed by atoms with E-state index in [-0.39, 0.29) is 0 Å².